The molecule has 1 saturated heterocycles. The quantitative estimate of drug-likeness (QED) is 0.760. The van der Waals surface area contributed by atoms with E-state index in [-0.39, 0.29) is 30.2 Å². The van der Waals surface area contributed by atoms with Crippen molar-refractivity contribution < 1.29 is 19.1 Å². The Hall–Kier alpha value is -1.59. The van der Waals surface area contributed by atoms with Gasteiger partial charge in [0.25, 0.3) is 0 Å². The second kappa shape index (κ2) is 6.04. The van der Waals surface area contributed by atoms with Gasteiger partial charge in [-0.05, 0) is 25.7 Å². The van der Waals surface area contributed by atoms with Crippen molar-refractivity contribution in [3.05, 3.63) is 0 Å². The Balaban J connectivity index is 2.43. The van der Waals surface area contributed by atoms with E-state index in [0.717, 1.165) is 12.8 Å². The summed E-state index contributed by atoms with van der Waals surface area (Å²) in [7, 11) is 3.01. The monoisotopic (exact) mass is 270 g/mol. The third kappa shape index (κ3) is 3.45. The van der Waals surface area contributed by atoms with E-state index >= 15 is 0 Å². The summed E-state index contributed by atoms with van der Waals surface area (Å²) in [6.07, 6.45) is 1.43. The number of imide groups is 1. The van der Waals surface area contributed by atoms with Crippen LogP contribution in [0.15, 0.2) is 0 Å². The van der Waals surface area contributed by atoms with Gasteiger partial charge in [-0.25, -0.2) is 4.79 Å². The molecule has 0 radical (unpaired) electrons. The number of methoxy groups -OCH3 is 1. The van der Waals surface area contributed by atoms with E-state index in [2.05, 4.69) is 10.1 Å². The molecule has 1 aliphatic rings. The van der Waals surface area contributed by atoms with Gasteiger partial charge in [-0.15, -0.1) is 0 Å². The summed E-state index contributed by atoms with van der Waals surface area (Å²) >= 11 is 0. The first kappa shape index (κ1) is 15.5. The zero-order valence-corrected chi connectivity index (χ0v) is 12.0. The van der Waals surface area contributed by atoms with Crippen molar-refractivity contribution in [2.45, 2.75) is 33.1 Å². The second-order valence-electron chi connectivity index (χ2n) is 5.41. The first-order valence-electron chi connectivity index (χ1n) is 6.44. The molecule has 0 spiro atoms. The fourth-order valence-electron chi connectivity index (χ4n) is 2.33. The van der Waals surface area contributed by atoms with Gasteiger partial charge in [0.2, 0.25) is 11.8 Å². The topological polar surface area (TPSA) is 75.7 Å². The number of ether oxygens (including phenoxy) is 1. The number of hydrogen-bond acceptors (Lipinski definition) is 4. The normalized spacial score (nSPS) is 24.0. The standard InChI is InChI=1S/C13H22N2O4/c1-9(6-5-7-15(3)12(18)19-4)13(2)8-10(16)14-11(13)17/h9H,5-8H2,1-4H3,(H,14,16,17). The van der Waals surface area contributed by atoms with Crippen LogP contribution >= 0.6 is 0 Å². The van der Waals surface area contributed by atoms with Crippen molar-refractivity contribution in [3.8, 4) is 0 Å². The van der Waals surface area contributed by atoms with Crippen LogP contribution in [0.5, 0.6) is 0 Å². The predicted molar refractivity (Wildman–Crippen MR) is 69.3 cm³/mol. The lowest BCUT2D eigenvalue weighted by Crippen LogP contribution is -2.35. The van der Waals surface area contributed by atoms with Crippen LogP contribution in [0.1, 0.15) is 33.1 Å². The molecule has 2 unspecified atom stereocenters. The van der Waals surface area contributed by atoms with Gasteiger partial charge in [-0.2, -0.15) is 0 Å². The Morgan fingerprint density at radius 1 is 1.53 bits per heavy atom. The van der Waals surface area contributed by atoms with E-state index in [0.29, 0.717) is 6.54 Å². The molecule has 0 aliphatic carbocycles. The SMILES string of the molecule is COC(=O)N(C)CCCC(C)C1(C)CC(=O)NC1=O. The molecular weight excluding hydrogens is 248 g/mol. The van der Waals surface area contributed by atoms with Crippen molar-refractivity contribution in [1.29, 1.82) is 0 Å². The van der Waals surface area contributed by atoms with Gasteiger partial charge in [0.15, 0.2) is 0 Å². The molecule has 0 aromatic heterocycles. The molecule has 1 aliphatic heterocycles. The average molecular weight is 270 g/mol. The van der Waals surface area contributed by atoms with Crippen LogP contribution in [0.2, 0.25) is 0 Å². The highest BCUT2D eigenvalue weighted by molar-refractivity contribution is 6.05. The molecule has 1 heterocycles. The summed E-state index contributed by atoms with van der Waals surface area (Å²) in [6, 6.07) is 0. The number of hydrogen-bond donors (Lipinski definition) is 1. The van der Waals surface area contributed by atoms with E-state index in [1.807, 2.05) is 13.8 Å². The van der Waals surface area contributed by atoms with E-state index in [1.165, 1.54) is 12.0 Å². The number of amides is 3. The zero-order valence-electron chi connectivity index (χ0n) is 12.0. The molecule has 6 heteroatoms. The lowest BCUT2D eigenvalue weighted by atomic mass is 9.74. The Bertz CT molecular complexity index is 383. The van der Waals surface area contributed by atoms with Crippen molar-refractivity contribution in [1.82, 2.24) is 10.2 Å². The third-order valence-electron chi connectivity index (χ3n) is 4.00. The fourth-order valence-corrected chi connectivity index (χ4v) is 2.33. The summed E-state index contributed by atoms with van der Waals surface area (Å²) in [5.74, 6) is -0.303. The lowest BCUT2D eigenvalue weighted by molar-refractivity contribution is -0.129. The minimum Gasteiger partial charge on any atom is -0.453 e. The molecular formula is C13H22N2O4. The summed E-state index contributed by atoms with van der Waals surface area (Å²) in [4.78, 5) is 35.8. The first-order chi connectivity index (χ1) is 8.81. The molecule has 0 bridgehead atoms. The lowest BCUT2D eigenvalue weighted by Gasteiger charge is -2.28. The smallest absolute Gasteiger partial charge is 0.409 e. The highest BCUT2D eigenvalue weighted by atomic mass is 16.5. The van der Waals surface area contributed by atoms with Crippen LogP contribution in [0, 0.1) is 11.3 Å². The summed E-state index contributed by atoms with van der Waals surface area (Å²) in [5, 5.41) is 2.35. The number of carbonyl (C=O) groups is 3. The van der Waals surface area contributed by atoms with E-state index in [4.69, 9.17) is 0 Å². The van der Waals surface area contributed by atoms with E-state index in [1.54, 1.807) is 7.05 Å². The molecule has 1 fully saturated rings. The number of rotatable bonds is 5. The molecule has 2 atom stereocenters. The first-order valence-corrected chi connectivity index (χ1v) is 6.44. The maximum atomic E-state index is 11.8. The van der Waals surface area contributed by atoms with E-state index < -0.39 is 5.41 Å². The van der Waals surface area contributed by atoms with Crippen LogP contribution in [-0.4, -0.2) is 43.5 Å². The number of nitrogens with one attached hydrogen (secondary N) is 1. The maximum absolute atomic E-state index is 11.8. The molecule has 0 saturated carbocycles. The summed E-state index contributed by atoms with van der Waals surface area (Å²) < 4.78 is 4.60. The van der Waals surface area contributed by atoms with Crippen LogP contribution in [0.4, 0.5) is 4.79 Å². The molecule has 1 rings (SSSR count). The molecule has 0 aromatic rings. The largest absolute Gasteiger partial charge is 0.453 e. The van der Waals surface area contributed by atoms with Gasteiger partial charge < -0.3 is 9.64 Å². The molecule has 0 aromatic carbocycles. The highest BCUT2D eigenvalue weighted by Gasteiger charge is 2.46. The molecule has 19 heavy (non-hydrogen) atoms. The van der Waals surface area contributed by atoms with Crippen molar-refractivity contribution in [2.75, 3.05) is 20.7 Å². The highest BCUT2D eigenvalue weighted by Crippen LogP contribution is 2.37. The van der Waals surface area contributed by atoms with Gasteiger partial charge in [0, 0.05) is 20.0 Å². The molecule has 6 nitrogen and oxygen atoms in total. The molecule has 108 valence electrons. The molecule has 1 N–H and O–H groups in total. The van der Waals surface area contributed by atoms with Crippen LogP contribution in [0.3, 0.4) is 0 Å². The average Bonchev–Trinajstić information content (AvgIpc) is 2.62. The Kier molecular flexibility index (Phi) is 4.91. The fraction of sp³-hybridized carbons (Fsp3) is 0.769. The number of nitrogens with zero attached hydrogens (tertiary/aromatic N) is 1. The molecule has 3 amide bonds. The second-order valence-corrected chi connectivity index (χ2v) is 5.41. The van der Waals surface area contributed by atoms with Crippen LogP contribution in [-0.2, 0) is 14.3 Å². The predicted octanol–water partition coefficient (Wildman–Crippen LogP) is 1.15. The Morgan fingerprint density at radius 3 is 2.63 bits per heavy atom. The maximum Gasteiger partial charge on any atom is 0.409 e. The Morgan fingerprint density at radius 2 is 2.16 bits per heavy atom. The van der Waals surface area contributed by atoms with Gasteiger partial charge in [-0.1, -0.05) is 6.92 Å². The third-order valence-corrected chi connectivity index (χ3v) is 4.00. The minimum atomic E-state index is -0.624. The van der Waals surface area contributed by atoms with Crippen molar-refractivity contribution >= 4 is 17.9 Å². The van der Waals surface area contributed by atoms with Gasteiger partial charge >= 0.3 is 6.09 Å². The van der Waals surface area contributed by atoms with Crippen molar-refractivity contribution in [2.24, 2.45) is 11.3 Å². The van der Waals surface area contributed by atoms with Gasteiger partial charge in [-0.3, -0.25) is 14.9 Å². The van der Waals surface area contributed by atoms with Gasteiger partial charge in [0.05, 0.1) is 12.5 Å². The summed E-state index contributed by atoms with van der Waals surface area (Å²) in [6.45, 7) is 4.36. The number of carbonyl (C=O) groups excluding carboxylic acids is 3. The summed E-state index contributed by atoms with van der Waals surface area (Å²) in [5.41, 5.74) is -0.624. The van der Waals surface area contributed by atoms with Crippen LogP contribution < -0.4 is 5.32 Å². The zero-order chi connectivity index (χ0) is 14.6. The van der Waals surface area contributed by atoms with E-state index in [9.17, 15) is 14.4 Å². The minimum absolute atomic E-state index is 0.0880. The van der Waals surface area contributed by atoms with Crippen LogP contribution in [0.25, 0.3) is 0 Å². The van der Waals surface area contributed by atoms with Crippen molar-refractivity contribution in [3.63, 3.8) is 0 Å². The Labute approximate surface area is 113 Å². The van der Waals surface area contributed by atoms with Gasteiger partial charge in [0.1, 0.15) is 0 Å².